The molecule has 0 aliphatic carbocycles. The van der Waals surface area contributed by atoms with Crippen LogP contribution in [0.5, 0.6) is 0 Å². The molecule has 1 aromatic rings. The molecule has 2 atom stereocenters. The molecule has 0 saturated carbocycles. The van der Waals surface area contributed by atoms with Crippen LogP contribution in [0.2, 0.25) is 0 Å². The molecule has 0 bridgehead atoms. The first-order chi connectivity index (χ1) is 8.83. The molecule has 1 aliphatic rings. The maximum absolute atomic E-state index is 6.32. The number of hydrogen-bond donors (Lipinski definition) is 1. The lowest BCUT2D eigenvalue weighted by Gasteiger charge is -2.30. The molecular weight excluding hydrogens is 222 g/mol. The third kappa shape index (κ3) is 3.33. The first kappa shape index (κ1) is 13.6. The highest BCUT2D eigenvalue weighted by atomic mass is 16.5. The minimum absolute atomic E-state index is 0.108. The summed E-state index contributed by atoms with van der Waals surface area (Å²) in [6.07, 6.45) is 7.30. The topological polar surface area (TPSA) is 35.2 Å². The molecule has 0 spiro atoms. The summed E-state index contributed by atoms with van der Waals surface area (Å²) in [4.78, 5) is 0. The Kier molecular flexibility index (Phi) is 5.21. The summed E-state index contributed by atoms with van der Waals surface area (Å²) in [6, 6.07) is 8.71. The number of unbranched alkanes of at least 4 members (excludes halogenated alkanes) is 3. The SMILES string of the molecule is CCCCCCC(N)C1OCCc2ccccc21. The average Bonchev–Trinajstić information content (AvgIpc) is 2.43. The molecule has 0 fully saturated rings. The summed E-state index contributed by atoms with van der Waals surface area (Å²) < 4.78 is 5.90. The largest absolute Gasteiger partial charge is 0.372 e. The van der Waals surface area contributed by atoms with Crippen LogP contribution in [-0.4, -0.2) is 12.6 Å². The third-order valence-corrected chi connectivity index (χ3v) is 3.81. The van der Waals surface area contributed by atoms with Crippen molar-refractivity contribution in [1.29, 1.82) is 0 Å². The van der Waals surface area contributed by atoms with E-state index in [1.54, 1.807) is 0 Å². The number of fused-ring (bicyclic) bond motifs is 1. The van der Waals surface area contributed by atoms with Crippen LogP contribution in [0.4, 0.5) is 0 Å². The van der Waals surface area contributed by atoms with Gasteiger partial charge in [-0.2, -0.15) is 0 Å². The third-order valence-electron chi connectivity index (χ3n) is 3.81. The normalized spacial score (nSPS) is 20.4. The summed E-state index contributed by atoms with van der Waals surface area (Å²) in [7, 11) is 0. The van der Waals surface area contributed by atoms with Gasteiger partial charge in [-0.15, -0.1) is 0 Å². The van der Waals surface area contributed by atoms with E-state index < -0.39 is 0 Å². The van der Waals surface area contributed by atoms with Crippen molar-refractivity contribution in [2.24, 2.45) is 5.73 Å². The van der Waals surface area contributed by atoms with E-state index >= 15 is 0 Å². The highest BCUT2D eigenvalue weighted by Crippen LogP contribution is 2.30. The van der Waals surface area contributed by atoms with Gasteiger partial charge in [-0.25, -0.2) is 0 Å². The van der Waals surface area contributed by atoms with E-state index in [2.05, 4.69) is 31.2 Å². The fourth-order valence-electron chi connectivity index (χ4n) is 2.74. The van der Waals surface area contributed by atoms with Crippen molar-refractivity contribution in [3.05, 3.63) is 35.4 Å². The maximum Gasteiger partial charge on any atom is 0.0978 e. The van der Waals surface area contributed by atoms with E-state index in [0.29, 0.717) is 0 Å². The number of hydrogen-bond acceptors (Lipinski definition) is 2. The van der Waals surface area contributed by atoms with Crippen LogP contribution in [0.15, 0.2) is 24.3 Å². The van der Waals surface area contributed by atoms with Gasteiger partial charge in [-0.3, -0.25) is 0 Å². The predicted molar refractivity (Wildman–Crippen MR) is 75.6 cm³/mol. The van der Waals surface area contributed by atoms with Crippen LogP contribution in [0.1, 0.15) is 56.3 Å². The van der Waals surface area contributed by atoms with E-state index in [9.17, 15) is 0 Å². The Hall–Kier alpha value is -0.860. The lowest BCUT2D eigenvalue weighted by molar-refractivity contribution is 0.0222. The van der Waals surface area contributed by atoms with Gasteiger partial charge in [-0.1, -0.05) is 56.9 Å². The zero-order valence-electron chi connectivity index (χ0n) is 11.4. The quantitative estimate of drug-likeness (QED) is 0.780. The van der Waals surface area contributed by atoms with Gasteiger partial charge in [0, 0.05) is 6.04 Å². The molecule has 2 heteroatoms. The maximum atomic E-state index is 6.32. The molecule has 0 radical (unpaired) electrons. The molecule has 1 aromatic carbocycles. The molecule has 2 rings (SSSR count). The second kappa shape index (κ2) is 6.91. The Morgan fingerprint density at radius 3 is 2.94 bits per heavy atom. The smallest absolute Gasteiger partial charge is 0.0978 e. The fourth-order valence-corrected chi connectivity index (χ4v) is 2.74. The standard InChI is InChI=1S/C16H25NO/c1-2-3-4-5-10-15(17)16-14-9-7-6-8-13(14)11-12-18-16/h6-9,15-16H,2-5,10-12,17H2,1H3. The van der Waals surface area contributed by atoms with Crippen LogP contribution in [0.3, 0.4) is 0 Å². The highest BCUT2D eigenvalue weighted by molar-refractivity contribution is 5.31. The molecule has 100 valence electrons. The van der Waals surface area contributed by atoms with Crippen molar-refractivity contribution >= 4 is 0 Å². The fraction of sp³-hybridized carbons (Fsp3) is 0.625. The molecule has 1 aliphatic heterocycles. The van der Waals surface area contributed by atoms with E-state index in [1.807, 2.05) is 0 Å². The van der Waals surface area contributed by atoms with E-state index in [1.165, 1.54) is 36.8 Å². The van der Waals surface area contributed by atoms with Gasteiger partial charge in [0.2, 0.25) is 0 Å². The Bertz CT molecular complexity index is 364. The van der Waals surface area contributed by atoms with Gasteiger partial charge in [0.1, 0.15) is 0 Å². The molecular formula is C16H25NO. The summed E-state index contributed by atoms with van der Waals surface area (Å²) in [5, 5.41) is 0. The van der Waals surface area contributed by atoms with Gasteiger partial charge < -0.3 is 10.5 Å². The summed E-state index contributed by atoms with van der Waals surface area (Å²) in [6.45, 7) is 3.05. The van der Waals surface area contributed by atoms with E-state index in [-0.39, 0.29) is 12.1 Å². The van der Waals surface area contributed by atoms with Crippen molar-refractivity contribution in [1.82, 2.24) is 0 Å². The number of benzene rings is 1. The Morgan fingerprint density at radius 2 is 2.11 bits per heavy atom. The van der Waals surface area contributed by atoms with Crippen molar-refractivity contribution in [3.8, 4) is 0 Å². The van der Waals surface area contributed by atoms with Crippen LogP contribution in [0.25, 0.3) is 0 Å². The summed E-state index contributed by atoms with van der Waals surface area (Å²) in [5.41, 5.74) is 9.05. The van der Waals surface area contributed by atoms with Crippen LogP contribution in [0, 0.1) is 0 Å². The number of nitrogens with two attached hydrogens (primary N) is 1. The molecule has 0 aromatic heterocycles. The van der Waals surface area contributed by atoms with Crippen molar-refractivity contribution in [2.75, 3.05) is 6.61 Å². The summed E-state index contributed by atoms with van der Waals surface area (Å²) >= 11 is 0. The first-order valence-electron chi connectivity index (χ1n) is 7.28. The molecule has 2 nitrogen and oxygen atoms in total. The first-order valence-corrected chi connectivity index (χ1v) is 7.28. The van der Waals surface area contributed by atoms with Crippen LogP contribution in [-0.2, 0) is 11.2 Å². The Balaban J connectivity index is 1.93. The zero-order chi connectivity index (χ0) is 12.8. The average molecular weight is 247 g/mol. The molecule has 0 saturated heterocycles. The monoisotopic (exact) mass is 247 g/mol. The second-order valence-electron chi connectivity index (χ2n) is 5.25. The summed E-state index contributed by atoms with van der Waals surface area (Å²) in [5.74, 6) is 0. The second-order valence-corrected chi connectivity index (χ2v) is 5.25. The number of rotatable bonds is 6. The highest BCUT2D eigenvalue weighted by Gasteiger charge is 2.25. The molecule has 0 amide bonds. The van der Waals surface area contributed by atoms with Crippen molar-refractivity contribution < 1.29 is 4.74 Å². The van der Waals surface area contributed by atoms with Gasteiger partial charge >= 0.3 is 0 Å². The molecule has 1 heterocycles. The lowest BCUT2D eigenvalue weighted by atomic mass is 9.91. The van der Waals surface area contributed by atoms with E-state index in [4.69, 9.17) is 10.5 Å². The van der Waals surface area contributed by atoms with Gasteiger partial charge in [0.05, 0.1) is 12.7 Å². The molecule has 18 heavy (non-hydrogen) atoms. The number of ether oxygens (including phenoxy) is 1. The van der Waals surface area contributed by atoms with E-state index in [0.717, 1.165) is 19.4 Å². The van der Waals surface area contributed by atoms with Crippen molar-refractivity contribution in [3.63, 3.8) is 0 Å². The molecule has 2 N–H and O–H groups in total. The van der Waals surface area contributed by atoms with Gasteiger partial charge in [0.25, 0.3) is 0 Å². The van der Waals surface area contributed by atoms with Crippen LogP contribution >= 0.6 is 0 Å². The van der Waals surface area contributed by atoms with Gasteiger partial charge in [-0.05, 0) is 24.0 Å². The minimum atomic E-state index is 0.108. The minimum Gasteiger partial charge on any atom is -0.372 e. The lowest BCUT2D eigenvalue weighted by Crippen LogP contribution is -2.33. The molecule has 2 unspecified atom stereocenters. The Labute approximate surface area is 111 Å². The van der Waals surface area contributed by atoms with Crippen LogP contribution < -0.4 is 5.73 Å². The predicted octanol–water partition coefficient (Wildman–Crippen LogP) is 3.60. The van der Waals surface area contributed by atoms with Gasteiger partial charge in [0.15, 0.2) is 0 Å². The van der Waals surface area contributed by atoms with Crippen molar-refractivity contribution in [2.45, 2.75) is 57.6 Å². The Morgan fingerprint density at radius 1 is 1.28 bits per heavy atom. The zero-order valence-corrected chi connectivity index (χ0v) is 11.4.